The van der Waals surface area contributed by atoms with Crippen LogP contribution in [-0.4, -0.2) is 60.8 Å². The Balaban J connectivity index is 1.86. The molecule has 228 valence electrons. The number of ether oxygens (including phenoxy) is 3. The van der Waals surface area contributed by atoms with E-state index in [0.29, 0.717) is 27.4 Å². The monoisotopic (exact) mass is 666 g/mol. The Bertz CT molecular complexity index is 1940. The summed E-state index contributed by atoms with van der Waals surface area (Å²) in [7, 11) is 5.10. The third-order valence-corrected chi connectivity index (χ3v) is 8.59. The highest BCUT2D eigenvalue weighted by Gasteiger charge is 2.64. The van der Waals surface area contributed by atoms with Crippen LogP contribution in [0.2, 0.25) is 0 Å². The summed E-state index contributed by atoms with van der Waals surface area (Å²) in [4.78, 5) is 33.7. The Kier molecular flexibility index (Phi) is 8.18. The minimum Gasteiger partial charge on any atom is -0.481 e. The molecule has 0 radical (unpaired) electrons. The molecule has 0 bridgehead atoms. The summed E-state index contributed by atoms with van der Waals surface area (Å²) in [5.74, 6) is -1.54. The first-order valence-corrected chi connectivity index (χ1v) is 15.1. The number of aliphatic hydroxyl groups is 1. The van der Waals surface area contributed by atoms with E-state index in [2.05, 4.69) is 15.9 Å². The highest BCUT2D eigenvalue weighted by Crippen LogP contribution is 2.55. The van der Waals surface area contributed by atoms with Crippen molar-refractivity contribution in [1.29, 1.82) is 0 Å². The predicted molar refractivity (Wildman–Crippen MR) is 175 cm³/mol. The summed E-state index contributed by atoms with van der Waals surface area (Å²) in [5, 5.41) is 16.1. The average Bonchev–Trinajstić information content (AvgIpc) is 3.08. The second-order valence-corrected chi connectivity index (χ2v) is 12.1. The van der Waals surface area contributed by atoms with Gasteiger partial charge in [-0.1, -0.05) is 88.7 Å². The van der Waals surface area contributed by atoms with Crippen molar-refractivity contribution in [2.45, 2.75) is 17.3 Å². The first-order chi connectivity index (χ1) is 21.7. The maximum atomic E-state index is 13.9. The van der Waals surface area contributed by atoms with E-state index in [1.54, 1.807) is 41.3 Å². The number of esters is 2. The minimum absolute atomic E-state index is 0.0698. The van der Waals surface area contributed by atoms with Crippen molar-refractivity contribution < 1.29 is 28.9 Å². The molecule has 0 saturated carbocycles. The molecular weight excluding hydrogens is 636 g/mol. The smallest absolute Gasteiger partial charge is 0.332 e. The van der Waals surface area contributed by atoms with Crippen LogP contribution in [0.5, 0.6) is 5.88 Å². The number of aromatic nitrogens is 1. The van der Waals surface area contributed by atoms with Gasteiger partial charge in [-0.2, -0.15) is 0 Å². The van der Waals surface area contributed by atoms with E-state index in [9.17, 15) is 14.7 Å². The summed E-state index contributed by atoms with van der Waals surface area (Å²) in [6.45, 7) is 0.0698. The fourth-order valence-corrected chi connectivity index (χ4v) is 6.60. The van der Waals surface area contributed by atoms with Crippen LogP contribution in [0.1, 0.15) is 16.7 Å². The summed E-state index contributed by atoms with van der Waals surface area (Å²) in [6, 6.07) is 29.4. The van der Waals surface area contributed by atoms with Crippen molar-refractivity contribution in [2.75, 3.05) is 27.7 Å². The Morgan fingerprint density at radius 2 is 1.58 bits per heavy atom. The van der Waals surface area contributed by atoms with Crippen LogP contribution in [0.25, 0.3) is 21.7 Å². The molecule has 8 nitrogen and oxygen atoms in total. The Morgan fingerprint density at radius 3 is 2.33 bits per heavy atom. The first kappa shape index (κ1) is 30.5. The number of nitrogens with zero attached hydrogens (tertiary/aromatic N) is 2. The molecular formula is C36H31BrN2O6. The molecule has 6 rings (SSSR count). The van der Waals surface area contributed by atoms with Crippen LogP contribution in [0, 0.1) is 0 Å². The number of carbonyl (C=O) groups is 2. The molecule has 1 unspecified atom stereocenters. The summed E-state index contributed by atoms with van der Waals surface area (Å²) >= 11 is 3.55. The van der Waals surface area contributed by atoms with Gasteiger partial charge in [0.05, 0.1) is 18.2 Å². The number of likely N-dealkylation sites (N-methyl/N-ethyl adjacent to an activating group) is 1. The molecule has 0 fully saturated rings. The van der Waals surface area contributed by atoms with Crippen molar-refractivity contribution in [3.8, 4) is 5.88 Å². The van der Waals surface area contributed by atoms with E-state index in [4.69, 9.17) is 19.2 Å². The van der Waals surface area contributed by atoms with E-state index in [1.807, 2.05) is 74.8 Å². The van der Waals surface area contributed by atoms with Gasteiger partial charge in [-0.25, -0.2) is 14.6 Å². The molecule has 0 spiro atoms. The van der Waals surface area contributed by atoms with E-state index < -0.39 is 29.2 Å². The fourth-order valence-electron chi connectivity index (χ4n) is 6.22. The van der Waals surface area contributed by atoms with Crippen LogP contribution < -0.4 is 4.74 Å². The molecule has 2 heterocycles. The van der Waals surface area contributed by atoms with Gasteiger partial charge in [-0.15, -0.1) is 0 Å². The number of rotatable bonds is 6. The Labute approximate surface area is 269 Å². The first-order valence-electron chi connectivity index (χ1n) is 14.3. The third kappa shape index (κ3) is 5.27. The van der Waals surface area contributed by atoms with Gasteiger partial charge in [0.15, 0.2) is 11.7 Å². The quantitative estimate of drug-likeness (QED) is 0.225. The maximum absolute atomic E-state index is 13.9. The zero-order valence-corrected chi connectivity index (χ0v) is 26.5. The van der Waals surface area contributed by atoms with Crippen molar-refractivity contribution in [2.24, 2.45) is 0 Å². The number of methoxy groups -OCH3 is 1. The number of pyridine rings is 1. The van der Waals surface area contributed by atoms with E-state index in [1.165, 1.54) is 7.11 Å². The largest absolute Gasteiger partial charge is 0.481 e. The fraction of sp³-hybridized carbons (Fsp3) is 0.194. The lowest BCUT2D eigenvalue weighted by molar-refractivity contribution is -0.224. The molecule has 3 atom stereocenters. The highest BCUT2D eigenvalue weighted by molar-refractivity contribution is 9.10. The number of carbonyl (C=O) groups excluding carboxylic acids is 2. The van der Waals surface area contributed by atoms with Gasteiger partial charge in [0.2, 0.25) is 11.5 Å². The molecule has 9 heteroatoms. The highest BCUT2D eigenvalue weighted by atomic mass is 79.9. The van der Waals surface area contributed by atoms with Gasteiger partial charge in [0.1, 0.15) is 0 Å². The van der Waals surface area contributed by atoms with E-state index in [-0.39, 0.29) is 18.0 Å². The van der Waals surface area contributed by atoms with Gasteiger partial charge in [0, 0.05) is 34.1 Å². The standard InChI is InChI=1S/C36H31BrN2O6/c1-39(2)22-31-35(42,28-15-9-11-23-10-7-8-14-27(23)28)36(25-12-5-4-6-13-25,45-33(41)19-18-32(40)44-31)29-21-24-20-26(37)16-17-30(24)38-34(29)43-3/h4-21,31,42H,22H2,1-3H3/b19-18+/t31?,35-,36+/m0/s1. The average molecular weight is 668 g/mol. The lowest BCUT2D eigenvalue weighted by Gasteiger charge is -2.50. The second-order valence-electron chi connectivity index (χ2n) is 11.2. The molecule has 0 amide bonds. The van der Waals surface area contributed by atoms with Crippen LogP contribution in [0.3, 0.4) is 0 Å². The molecule has 5 aromatic rings. The van der Waals surface area contributed by atoms with Gasteiger partial charge in [-0.05, 0) is 54.7 Å². The number of cyclic esters (lactones) is 2. The van der Waals surface area contributed by atoms with Gasteiger partial charge >= 0.3 is 11.9 Å². The normalized spacial score (nSPS) is 22.8. The molecule has 4 aromatic carbocycles. The van der Waals surface area contributed by atoms with Crippen molar-refractivity contribution in [3.63, 3.8) is 0 Å². The third-order valence-electron chi connectivity index (χ3n) is 8.10. The van der Waals surface area contributed by atoms with E-state index >= 15 is 0 Å². The molecule has 1 aliphatic heterocycles. The lowest BCUT2D eigenvalue weighted by atomic mass is 9.65. The molecule has 45 heavy (non-hydrogen) atoms. The number of fused-ring (bicyclic) bond motifs is 2. The summed E-state index contributed by atoms with van der Waals surface area (Å²) < 4.78 is 19.4. The van der Waals surface area contributed by atoms with Crippen molar-refractivity contribution >= 4 is 49.5 Å². The Hall–Kier alpha value is -4.57. The predicted octanol–water partition coefficient (Wildman–Crippen LogP) is 5.88. The Morgan fingerprint density at radius 1 is 0.867 bits per heavy atom. The molecule has 1 aromatic heterocycles. The minimum atomic E-state index is -2.26. The number of halogens is 1. The topological polar surface area (TPSA) is 98.2 Å². The van der Waals surface area contributed by atoms with Gasteiger partial charge in [-0.3, -0.25) is 0 Å². The number of hydrogen-bond acceptors (Lipinski definition) is 8. The van der Waals surface area contributed by atoms with Gasteiger partial charge in [0.25, 0.3) is 0 Å². The van der Waals surface area contributed by atoms with Crippen molar-refractivity contribution in [3.05, 3.63) is 130 Å². The van der Waals surface area contributed by atoms with E-state index in [0.717, 1.165) is 22.0 Å². The molecule has 0 aliphatic carbocycles. The summed E-state index contributed by atoms with van der Waals surface area (Å²) in [5.41, 5.74) is -2.64. The molecule has 1 N–H and O–H groups in total. The molecule has 1 aliphatic rings. The van der Waals surface area contributed by atoms with Crippen LogP contribution in [0.15, 0.2) is 114 Å². The number of hydrogen-bond donors (Lipinski definition) is 1. The SMILES string of the molecule is COc1nc2ccc(Br)cc2cc1[C@@]1(c2ccccc2)OC(=O)/C=C/C(=O)OC(CN(C)C)[C@@]1(O)c1cccc2ccccc12. The van der Waals surface area contributed by atoms with Crippen LogP contribution in [0.4, 0.5) is 0 Å². The number of benzene rings is 4. The van der Waals surface area contributed by atoms with Crippen molar-refractivity contribution in [1.82, 2.24) is 9.88 Å². The summed E-state index contributed by atoms with van der Waals surface area (Å²) in [6.07, 6.45) is 0.756. The zero-order chi connectivity index (χ0) is 31.8. The van der Waals surface area contributed by atoms with Crippen LogP contribution in [-0.2, 0) is 30.3 Å². The van der Waals surface area contributed by atoms with Crippen LogP contribution >= 0.6 is 15.9 Å². The lowest BCUT2D eigenvalue weighted by Crippen LogP contribution is -2.62. The molecule has 0 saturated heterocycles. The maximum Gasteiger partial charge on any atom is 0.332 e. The van der Waals surface area contributed by atoms with Gasteiger partial charge < -0.3 is 24.2 Å². The second kappa shape index (κ2) is 12.1. The zero-order valence-electron chi connectivity index (χ0n) is 24.9.